The predicted molar refractivity (Wildman–Crippen MR) is 171 cm³/mol. The molecule has 0 bridgehead atoms. The van der Waals surface area contributed by atoms with E-state index < -0.39 is 0 Å². The van der Waals surface area contributed by atoms with E-state index in [0.717, 1.165) is 25.9 Å². The van der Waals surface area contributed by atoms with Crippen LogP contribution in [-0.4, -0.2) is 22.2 Å². The van der Waals surface area contributed by atoms with Gasteiger partial charge >= 0.3 is 0 Å². The number of nitrogens with zero attached hydrogens (tertiary/aromatic N) is 1. The first-order chi connectivity index (χ1) is 19.2. The van der Waals surface area contributed by atoms with Crippen molar-refractivity contribution in [2.45, 2.75) is 161 Å². The molecule has 0 aromatic heterocycles. The van der Waals surface area contributed by atoms with Crippen LogP contribution in [0.4, 0.5) is 0 Å². The van der Waals surface area contributed by atoms with E-state index in [9.17, 15) is 5.11 Å². The average molecular weight is 536 g/mol. The molecule has 2 rings (SSSR count). The maximum absolute atomic E-state index is 11.0. The highest BCUT2D eigenvalue weighted by molar-refractivity contribution is 5.17. The molecule has 2 aromatic rings. The molecule has 220 valence electrons. The smallest absolute Gasteiger partial charge is 0.0693 e. The zero-order chi connectivity index (χ0) is 27.8. The number of benzene rings is 2. The molecule has 1 N–H and O–H groups in total. The Balaban J connectivity index is 1.49. The molecule has 39 heavy (non-hydrogen) atoms. The number of aliphatic hydroxyl groups excluding tert-OH is 1. The summed E-state index contributed by atoms with van der Waals surface area (Å²) >= 11 is 0. The van der Waals surface area contributed by atoms with Gasteiger partial charge in [0.1, 0.15) is 0 Å². The van der Waals surface area contributed by atoms with Crippen LogP contribution in [0.5, 0.6) is 0 Å². The topological polar surface area (TPSA) is 23.5 Å². The minimum absolute atomic E-state index is 0.135. The minimum Gasteiger partial charge on any atom is -0.392 e. The Bertz CT molecular complexity index is 735. The number of unbranched alkanes of at least 4 members (excludes halogenated alkanes) is 17. The average Bonchev–Trinajstić information content (AvgIpc) is 2.96. The summed E-state index contributed by atoms with van der Waals surface area (Å²) in [7, 11) is 0. The SMILES string of the molecule is CCCCCCCCCCCCCCCCCCCCC(O)C(C)N(Cc1ccccc1)Cc1ccccc1. The standard InChI is InChI=1S/C37H61NO/c1-3-4-5-6-7-8-9-10-11-12-13-14-15-16-17-18-19-26-31-37(39)34(2)38(32-35-27-22-20-23-28-35)33-36-29-24-21-25-30-36/h20-25,27-30,34,37,39H,3-19,26,31-33H2,1-2H3. The Morgan fingerprint density at radius 1 is 0.513 bits per heavy atom. The largest absolute Gasteiger partial charge is 0.392 e. The summed E-state index contributed by atoms with van der Waals surface area (Å²) < 4.78 is 0. The van der Waals surface area contributed by atoms with Gasteiger partial charge in [-0.1, -0.05) is 183 Å². The molecule has 0 saturated carbocycles. The van der Waals surface area contributed by atoms with Crippen molar-refractivity contribution in [3.8, 4) is 0 Å². The summed E-state index contributed by atoms with van der Waals surface area (Å²) in [4.78, 5) is 2.43. The fraction of sp³-hybridized carbons (Fsp3) is 0.676. The third-order valence-electron chi connectivity index (χ3n) is 8.44. The maximum Gasteiger partial charge on any atom is 0.0693 e. The summed E-state index contributed by atoms with van der Waals surface area (Å²) in [5.74, 6) is 0. The van der Waals surface area contributed by atoms with Crippen LogP contribution in [-0.2, 0) is 13.1 Å². The highest BCUT2D eigenvalue weighted by atomic mass is 16.3. The van der Waals surface area contributed by atoms with Crippen molar-refractivity contribution in [1.29, 1.82) is 0 Å². The molecular weight excluding hydrogens is 474 g/mol. The molecule has 0 heterocycles. The first-order valence-corrected chi connectivity index (χ1v) is 16.7. The summed E-state index contributed by atoms with van der Waals surface area (Å²) in [6.45, 7) is 6.23. The molecule has 2 unspecified atom stereocenters. The molecule has 0 aliphatic heterocycles. The maximum atomic E-state index is 11.0. The highest BCUT2D eigenvalue weighted by Gasteiger charge is 2.22. The van der Waals surface area contributed by atoms with Gasteiger partial charge in [-0.05, 0) is 24.5 Å². The van der Waals surface area contributed by atoms with Gasteiger partial charge in [-0.15, -0.1) is 0 Å². The molecule has 0 aliphatic carbocycles. The molecular formula is C37H61NO. The zero-order valence-corrected chi connectivity index (χ0v) is 25.7. The van der Waals surface area contributed by atoms with Crippen LogP contribution in [0.3, 0.4) is 0 Å². The second kappa shape index (κ2) is 23.1. The molecule has 0 spiro atoms. The van der Waals surface area contributed by atoms with Gasteiger partial charge in [0.25, 0.3) is 0 Å². The van der Waals surface area contributed by atoms with Gasteiger partial charge in [0.15, 0.2) is 0 Å². The zero-order valence-electron chi connectivity index (χ0n) is 25.7. The van der Waals surface area contributed by atoms with E-state index in [1.807, 2.05) is 0 Å². The fourth-order valence-corrected chi connectivity index (χ4v) is 5.72. The van der Waals surface area contributed by atoms with Crippen molar-refractivity contribution >= 4 is 0 Å². The van der Waals surface area contributed by atoms with Gasteiger partial charge in [-0.25, -0.2) is 0 Å². The molecule has 0 aliphatic rings. The highest BCUT2D eigenvalue weighted by Crippen LogP contribution is 2.19. The summed E-state index contributed by atoms with van der Waals surface area (Å²) in [6.07, 6.45) is 25.7. The Kier molecular flexibility index (Phi) is 19.9. The van der Waals surface area contributed by atoms with Crippen molar-refractivity contribution in [3.63, 3.8) is 0 Å². The number of hydrogen-bond donors (Lipinski definition) is 1. The van der Waals surface area contributed by atoms with Gasteiger partial charge in [0.2, 0.25) is 0 Å². The molecule has 2 aromatic carbocycles. The molecule has 0 amide bonds. The lowest BCUT2D eigenvalue weighted by Gasteiger charge is -2.32. The molecule has 2 nitrogen and oxygen atoms in total. The fourth-order valence-electron chi connectivity index (χ4n) is 5.72. The van der Waals surface area contributed by atoms with Crippen LogP contribution >= 0.6 is 0 Å². The Hall–Kier alpha value is -1.64. The summed E-state index contributed by atoms with van der Waals surface area (Å²) in [5, 5.41) is 11.0. The van der Waals surface area contributed by atoms with Crippen molar-refractivity contribution in [1.82, 2.24) is 4.90 Å². The van der Waals surface area contributed by atoms with Crippen molar-refractivity contribution in [2.75, 3.05) is 0 Å². The van der Waals surface area contributed by atoms with Gasteiger partial charge in [-0.3, -0.25) is 4.90 Å². The van der Waals surface area contributed by atoms with Crippen LogP contribution in [0, 0.1) is 0 Å². The lowest BCUT2D eigenvalue weighted by atomic mass is 10.0. The third-order valence-corrected chi connectivity index (χ3v) is 8.44. The molecule has 0 radical (unpaired) electrons. The normalized spacial score (nSPS) is 13.1. The van der Waals surface area contributed by atoms with Crippen LogP contribution in [0.2, 0.25) is 0 Å². The van der Waals surface area contributed by atoms with Gasteiger partial charge in [0, 0.05) is 19.1 Å². The van der Waals surface area contributed by atoms with E-state index in [0.29, 0.717) is 0 Å². The molecule has 2 heteroatoms. The van der Waals surface area contributed by atoms with Crippen molar-refractivity contribution < 1.29 is 5.11 Å². The van der Waals surface area contributed by atoms with E-state index in [-0.39, 0.29) is 12.1 Å². The van der Waals surface area contributed by atoms with Gasteiger partial charge < -0.3 is 5.11 Å². The monoisotopic (exact) mass is 535 g/mol. The lowest BCUT2D eigenvalue weighted by Crippen LogP contribution is -2.40. The molecule has 0 saturated heterocycles. The van der Waals surface area contributed by atoms with E-state index in [2.05, 4.69) is 79.4 Å². The van der Waals surface area contributed by atoms with Crippen molar-refractivity contribution in [3.05, 3.63) is 71.8 Å². The quantitative estimate of drug-likeness (QED) is 0.128. The Morgan fingerprint density at radius 2 is 0.846 bits per heavy atom. The van der Waals surface area contributed by atoms with Crippen LogP contribution in [0.25, 0.3) is 0 Å². The minimum atomic E-state index is -0.279. The van der Waals surface area contributed by atoms with E-state index in [1.165, 1.54) is 120 Å². The third kappa shape index (κ3) is 16.9. The van der Waals surface area contributed by atoms with E-state index >= 15 is 0 Å². The first kappa shape index (κ1) is 33.6. The summed E-state index contributed by atoms with van der Waals surface area (Å²) in [5.41, 5.74) is 2.61. The van der Waals surface area contributed by atoms with E-state index in [4.69, 9.17) is 0 Å². The lowest BCUT2D eigenvalue weighted by molar-refractivity contribution is 0.0421. The number of rotatable bonds is 25. The Labute approximate surface area is 242 Å². The predicted octanol–water partition coefficient (Wildman–Crippen LogP) is 10.9. The second-order valence-corrected chi connectivity index (χ2v) is 12.0. The first-order valence-electron chi connectivity index (χ1n) is 16.7. The van der Waals surface area contributed by atoms with Crippen LogP contribution in [0.1, 0.15) is 147 Å². The molecule has 2 atom stereocenters. The summed E-state index contributed by atoms with van der Waals surface area (Å²) in [6, 6.07) is 21.5. The molecule has 0 fully saturated rings. The second-order valence-electron chi connectivity index (χ2n) is 12.0. The number of aliphatic hydroxyl groups is 1. The number of hydrogen-bond acceptors (Lipinski definition) is 2. The van der Waals surface area contributed by atoms with E-state index in [1.54, 1.807) is 0 Å². The van der Waals surface area contributed by atoms with Gasteiger partial charge in [-0.2, -0.15) is 0 Å². The van der Waals surface area contributed by atoms with Crippen molar-refractivity contribution in [2.24, 2.45) is 0 Å². The van der Waals surface area contributed by atoms with Gasteiger partial charge in [0.05, 0.1) is 6.10 Å². The van der Waals surface area contributed by atoms with Crippen LogP contribution in [0.15, 0.2) is 60.7 Å². The van der Waals surface area contributed by atoms with Crippen LogP contribution < -0.4 is 0 Å². The Morgan fingerprint density at radius 3 is 1.21 bits per heavy atom.